The predicted molar refractivity (Wildman–Crippen MR) is 59.1 cm³/mol. The number of carbonyl (C=O) groups is 1. The number of amides is 1. The Kier molecular flexibility index (Phi) is 2.47. The predicted octanol–water partition coefficient (Wildman–Crippen LogP) is 1.30. The van der Waals surface area contributed by atoms with E-state index in [1.807, 2.05) is 0 Å². The van der Waals surface area contributed by atoms with Crippen LogP contribution in [0.5, 0.6) is 0 Å². The molecule has 0 atom stereocenters. The number of benzene rings is 1. The number of nitro benzene ring substituents is 1. The standard InChI is InChI=1S/C10H11N3O3/c11-8-6-7(3-4-9(8)13(15)16)12-5-1-2-10(12)14/h3-4,6H,1-2,5,11H2. The van der Waals surface area contributed by atoms with Crippen LogP contribution in [0.3, 0.4) is 0 Å². The smallest absolute Gasteiger partial charge is 0.292 e. The van der Waals surface area contributed by atoms with Crippen LogP contribution >= 0.6 is 0 Å². The van der Waals surface area contributed by atoms with E-state index in [2.05, 4.69) is 0 Å². The van der Waals surface area contributed by atoms with Gasteiger partial charge in [0.15, 0.2) is 0 Å². The van der Waals surface area contributed by atoms with Crippen molar-refractivity contribution in [1.29, 1.82) is 0 Å². The first kappa shape index (κ1) is 10.4. The Hall–Kier alpha value is -2.11. The molecular formula is C10H11N3O3. The molecule has 1 aliphatic rings. The third-order valence-electron chi connectivity index (χ3n) is 2.59. The highest BCUT2D eigenvalue weighted by atomic mass is 16.6. The SMILES string of the molecule is Nc1cc(N2CCCC2=O)ccc1[N+](=O)[O-]. The van der Waals surface area contributed by atoms with Crippen LogP contribution in [-0.2, 0) is 4.79 Å². The van der Waals surface area contributed by atoms with E-state index in [4.69, 9.17) is 5.73 Å². The minimum Gasteiger partial charge on any atom is -0.393 e. The Labute approximate surface area is 91.8 Å². The van der Waals surface area contributed by atoms with Crippen molar-refractivity contribution >= 4 is 23.0 Å². The maximum atomic E-state index is 11.5. The van der Waals surface area contributed by atoms with Gasteiger partial charge in [-0.15, -0.1) is 0 Å². The van der Waals surface area contributed by atoms with Gasteiger partial charge < -0.3 is 10.6 Å². The summed E-state index contributed by atoms with van der Waals surface area (Å²) >= 11 is 0. The number of anilines is 2. The van der Waals surface area contributed by atoms with E-state index in [1.54, 1.807) is 11.0 Å². The van der Waals surface area contributed by atoms with Gasteiger partial charge in [-0.3, -0.25) is 14.9 Å². The second kappa shape index (κ2) is 3.80. The van der Waals surface area contributed by atoms with Crippen molar-refractivity contribution in [3.05, 3.63) is 28.3 Å². The zero-order chi connectivity index (χ0) is 11.7. The summed E-state index contributed by atoms with van der Waals surface area (Å²) in [6.45, 7) is 0.649. The number of nitrogens with two attached hydrogens (primary N) is 1. The van der Waals surface area contributed by atoms with Gasteiger partial charge >= 0.3 is 0 Å². The molecule has 0 saturated carbocycles. The minimum atomic E-state index is -0.537. The van der Waals surface area contributed by atoms with Gasteiger partial charge in [-0.25, -0.2) is 0 Å². The number of hydrogen-bond donors (Lipinski definition) is 1. The van der Waals surface area contributed by atoms with E-state index >= 15 is 0 Å². The first-order valence-electron chi connectivity index (χ1n) is 4.94. The van der Waals surface area contributed by atoms with Crippen LogP contribution in [0, 0.1) is 10.1 Å². The molecule has 0 unspecified atom stereocenters. The minimum absolute atomic E-state index is 0.0354. The van der Waals surface area contributed by atoms with Gasteiger partial charge in [0.25, 0.3) is 5.69 Å². The molecule has 2 N–H and O–H groups in total. The maximum absolute atomic E-state index is 11.5. The fourth-order valence-corrected chi connectivity index (χ4v) is 1.80. The van der Waals surface area contributed by atoms with Crippen LogP contribution < -0.4 is 10.6 Å². The van der Waals surface area contributed by atoms with Crippen molar-refractivity contribution < 1.29 is 9.72 Å². The largest absolute Gasteiger partial charge is 0.393 e. The number of carbonyl (C=O) groups excluding carboxylic acids is 1. The van der Waals surface area contributed by atoms with Crippen LogP contribution in [0.25, 0.3) is 0 Å². The van der Waals surface area contributed by atoms with E-state index in [-0.39, 0.29) is 17.3 Å². The number of rotatable bonds is 2. The molecule has 2 rings (SSSR count). The van der Waals surface area contributed by atoms with E-state index in [0.717, 1.165) is 6.42 Å². The normalized spacial score (nSPS) is 15.5. The number of nitrogens with zero attached hydrogens (tertiary/aromatic N) is 2. The lowest BCUT2D eigenvalue weighted by atomic mass is 10.2. The summed E-state index contributed by atoms with van der Waals surface area (Å²) in [5.74, 6) is 0.0354. The molecule has 1 aliphatic heterocycles. The molecule has 1 amide bonds. The van der Waals surface area contributed by atoms with Crippen LogP contribution in [-0.4, -0.2) is 17.4 Å². The Morgan fingerprint density at radius 3 is 2.69 bits per heavy atom. The molecule has 1 aromatic rings. The molecule has 1 heterocycles. The van der Waals surface area contributed by atoms with Gasteiger partial charge in [-0.2, -0.15) is 0 Å². The van der Waals surface area contributed by atoms with E-state index < -0.39 is 4.92 Å². The molecule has 0 spiro atoms. The average Bonchev–Trinajstić information content (AvgIpc) is 2.63. The van der Waals surface area contributed by atoms with Gasteiger partial charge in [-0.05, 0) is 18.6 Å². The molecule has 0 bridgehead atoms. The molecule has 0 aliphatic carbocycles. The van der Waals surface area contributed by atoms with E-state index in [0.29, 0.717) is 18.7 Å². The molecule has 84 valence electrons. The summed E-state index contributed by atoms with van der Waals surface area (Å²) in [6.07, 6.45) is 1.34. The second-order valence-electron chi connectivity index (χ2n) is 3.65. The highest BCUT2D eigenvalue weighted by molar-refractivity contribution is 5.96. The fraction of sp³-hybridized carbons (Fsp3) is 0.300. The summed E-state index contributed by atoms with van der Waals surface area (Å²) < 4.78 is 0. The molecule has 6 nitrogen and oxygen atoms in total. The lowest BCUT2D eigenvalue weighted by Gasteiger charge is -2.15. The molecule has 6 heteroatoms. The first-order valence-corrected chi connectivity index (χ1v) is 4.94. The highest BCUT2D eigenvalue weighted by Gasteiger charge is 2.23. The molecule has 0 radical (unpaired) electrons. The number of hydrogen-bond acceptors (Lipinski definition) is 4. The topological polar surface area (TPSA) is 89.5 Å². The lowest BCUT2D eigenvalue weighted by molar-refractivity contribution is -0.383. The van der Waals surface area contributed by atoms with E-state index in [1.165, 1.54) is 12.1 Å². The molecule has 1 saturated heterocycles. The van der Waals surface area contributed by atoms with Crippen LogP contribution in [0.1, 0.15) is 12.8 Å². The molecule has 1 aromatic carbocycles. The van der Waals surface area contributed by atoms with Gasteiger partial charge in [0.2, 0.25) is 5.91 Å². The van der Waals surface area contributed by atoms with E-state index in [9.17, 15) is 14.9 Å². The second-order valence-corrected chi connectivity index (χ2v) is 3.65. The summed E-state index contributed by atoms with van der Waals surface area (Å²) in [7, 11) is 0. The van der Waals surface area contributed by atoms with Gasteiger partial charge in [0.05, 0.1) is 4.92 Å². The summed E-state index contributed by atoms with van der Waals surface area (Å²) in [5.41, 5.74) is 6.14. The highest BCUT2D eigenvalue weighted by Crippen LogP contribution is 2.29. The maximum Gasteiger partial charge on any atom is 0.292 e. The van der Waals surface area contributed by atoms with Crippen molar-refractivity contribution in [2.75, 3.05) is 17.2 Å². The summed E-state index contributed by atoms with van der Waals surface area (Å²) in [6, 6.07) is 4.36. The average molecular weight is 221 g/mol. The van der Waals surface area contributed by atoms with Crippen molar-refractivity contribution in [2.24, 2.45) is 0 Å². The van der Waals surface area contributed by atoms with Gasteiger partial charge in [-0.1, -0.05) is 0 Å². The number of nitro groups is 1. The Morgan fingerprint density at radius 1 is 1.44 bits per heavy atom. The van der Waals surface area contributed by atoms with Crippen molar-refractivity contribution in [3.63, 3.8) is 0 Å². The van der Waals surface area contributed by atoms with Gasteiger partial charge in [0.1, 0.15) is 5.69 Å². The summed E-state index contributed by atoms with van der Waals surface area (Å²) in [4.78, 5) is 23.1. The molecule has 1 fully saturated rings. The lowest BCUT2D eigenvalue weighted by Crippen LogP contribution is -2.23. The zero-order valence-electron chi connectivity index (χ0n) is 8.55. The quantitative estimate of drug-likeness (QED) is 0.463. The molecular weight excluding hydrogens is 210 g/mol. The Morgan fingerprint density at radius 2 is 2.19 bits per heavy atom. The monoisotopic (exact) mass is 221 g/mol. The van der Waals surface area contributed by atoms with Crippen LogP contribution in [0.15, 0.2) is 18.2 Å². The van der Waals surface area contributed by atoms with Crippen molar-refractivity contribution in [2.45, 2.75) is 12.8 Å². The Balaban J connectivity index is 2.34. The van der Waals surface area contributed by atoms with Crippen molar-refractivity contribution in [3.8, 4) is 0 Å². The molecule has 0 aromatic heterocycles. The molecule has 16 heavy (non-hydrogen) atoms. The van der Waals surface area contributed by atoms with Crippen LogP contribution in [0.2, 0.25) is 0 Å². The summed E-state index contributed by atoms with van der Waals surface area (Å²) in [5, 5.41) is 10.6. The van der Waals surface area contributed by atoms with Gasteiger partial charge in [0, 0.05) is 24.7 Å². The number of nitrogen functional groups attached to an aromatic ring is 1. The first-order chi connectivity index (χ1) is 7.59. The Bertz CT molecular complexity index is 459. The third kappa shape index (κ3) is 1.69. The fourth-order valence-electron chi connectivity index (χ4n) is 1.80. The third-order valence-corrected chi connectivity index (χ3v) is 2.59. The zero-order valence-corrected chi connectivity index (χ0v) is 8.55. The van der Waals surface area contributed by atoms with Crippen molar-refractivity contribution in [1.82, 2.24) is 0 Å². The van der Waals surface area contributed by atoms with Crippen LogP contribution in [0.4, 0.5) is 17.1 Å².